The highest BCUT2D eigenvalue weighted by Crippen LogP contribution is 2.51. The first kappa shape index (κ1) is 30.4. The van der Waals surface area contributed by atoms with E-state index >= 15 is 0 Å². The molecular formula is C48H29N5. The number of nitriles is 1. The zero-order valence-corrected chi connectivity index (χ0v) is 29.0. The maximum Gasteiger partial charge on any atom is 0.206 e. The van der Waals surface area contributed by atoms with Crippen molar-refractivity contribution in [1.29, 1.82) is 5.26 Å². The summed E-state index contributed by atoms with van der Waals surface area (Å²) in [5.74, 6) is 0. The van der Waals surface area contributed by atoms with Crippen LogP contribution < -0.4 is 0 Å². The van der Waals surface area contributed by atoms with Crippen molar-refractivity contribution in [1.82, 2.24) is 9.13 Å². The summed E-state index contributed by atoms with van der Waals surface area (Å²) in [5, 5.41) is 14.8. The zero-order valence-electron chi connectivity index (χ0n) is 29.0. The minimum atomic E-state index is -0.171. The Labute approximate surface area is 306 Å². The maximum absolute atomic E-state index is 10.3. The van der Waals surface area contributed by atoms with Gasteiger partial charge in [-0.25, -0.2) is 9.69 Å². The lowest BCUT2D eigenvalue weighted by atomic mass is 9.82. The highest BCUT2D eigenvalue weighted by atomic mass is 15.0. The molecule has 2 heterocycles. The minimum Gasteiger partial charge on any atom is -0.310 e. The highest BCUT2D eigenvalue weighted by molar-refractivity contribution is 6.12. The number of hydrogen-bond donors (Lipinski definition) is 0. The van der Waals surface area contributed by atoms with Crippen LogP contribution in [-0.2, 0) is 5.41 Å². The molecule has 0 radical (unpaired) electrons. The van der Waals surface area contributed by atoms with Gasteiger partial charge in [-0.05, 0) is 88.0 Å². The van der Waals surface area contributed by atoms with E-state index in [9.17, 15) is 5.26 Å². The van der Waals surface area contributed by atoms with Crippen molar-refractivity contribution in [3.05, 3.63) is 179 Å². The lowest BCUT2D eigenvalue weighted by Crippen LogP contribution is -2.14. The van der Waals surface area contributed by atoms with Crippen LogP contribution in [0.5, 0.6) is 0 Å². The summed E-state index contributed by atoms with van der Waals surface area (Å²) in [5.41, 5.74) is 13.2. The van der Waals surface area contributed by atoms with E-state index < -0.39 is 0 Å². The monoisotopic (exact) mass is 675 g/mol. The first-order valence-corrected chi connectivity index (χ1v) is 17.6. The molecule has 5 nitrogen and oxygen atoms in total. The quantitative estimate of drug-likeness (QED) is 0.172. The van der Waals surface area contributed by atoms with E-state index in [1.54, 1.807) is 6.07 Å². The molecule has 7 aromatic carbocycles. The fraction of sp³-hybridized carbons (Fsp3) is 0.0625. The second kappa shape index (κ2) is 11.1. The largest absolute Gasteiger partial charge is 0.310 e. The average molecular weight is 676 g/mol. The van der Waals surface area contributed by atoms with Gasteiger partial charge >= 0.3 is 0 Å². The van der Waals surface area contributed by atoms with Gasteiger partial charge in [0.2, 0.25) is 5.69 Å². The minimum absolute atomic E-state index is 0.171. The van der Waals surface area contributed by atoms with Gasteiger partial charge < -0.3 is 9.13 Å². The molecule has 2 aromatic heterocycles. The first-order valence-electron chi connectivity index (χ1n) is 17.6. The summed E-state index contributed by atoms with van der Waals surface area (Å²) in [6.45, 7) is 20.9. The fourth-order valence-corrected chi connectivity index (χ4v) is 8.76. The van der Waals surface area contributed by atoms with Crippen LogP contribution in [0.2, 0.25) is 0 Å². The van der Waals surface area contributed by atoms with Gasteiger partial charge in [0.25, 0.3) is 0 Å². The van der Waals surface area contributed by atoms with Crippen molar-refractivity contribution in [3.8, 4) is 39.7 Å². The summed E-state index contributed by atoms with van der Waals surface area (Å²) in [4.78, 5) is 7.80. The Bertz CT molecular complexity index is 3130. The van der Waals surface area contributed by atoms with Crippen molar-refractivity contribution < 1.29 is 0 Å². The Morgan fingerprint density at radius 3 is 1.77 bits per heavy atom. The van der Waals surface area contributed by atoms with Gasteiger partial charge in [-0.1, -0.05) is 98.8 Å². The molecule has 1 aliphatic carbocycles. The smallest absolute Gasteiger partial charge is 0.206 e. The molecule has 0 saturated heterocycles. The third kappa shape index (κ3) is 4.16. The Kier molecular flexibility index (Phi) is 6.35. The van der Waals surface area contributed by atoms with Gasteiger partial charge in [0.1, 0.15) is 0 Å². The predicted molar refractivity (Wildman–Crippen MR) is 215 cm³/mol. The Hall–Kier alpha value is -7.39. The molecule has 10 rings (SSSR count). The lowest BCUT2D eigenvalue weighted by Gasteiger charge is -2.22. The molecule has 0 amide bonds. The van der Waals surface area contributed by atoms with E-state index in [1.165, 1.54) is 27.6 Å². The molecular weight excluding hydrogens is 647 g/mol. The molecule has 0 bridgehead atoms. The molecule has 0 unspecified atom stereocenters. The van der Waals surface area contributed by atoms with Crippen molar-refractivity contribution >= 4 is 55.0 Å². The van der Waals surface area contributed by atoms with E-state index in [0.29, 0.717) is 16.8 Å². The molecule has 0 aliphatic heterocycles. The number of benzene rings is 7. The summed E-state index contributed by atoms with van der Waals surface area (Å²) in [6.07, 6.45) is 0. The van der Waals surface area contributed by atoms with Crippen LogP contribution in [0, 0.1) is 24.5 Å². The molecule has 9 aromatic rings. The molecule has 53 heavy (non-hydrogen) atoms. The third-order valence-electron chi connectivity index (χ3n) is 11.2. The number of nitrogens with zero attached hydrogens (tertiary/aromatic N) is 5. The van der Waals surface area contributed by atoms with E-state index in [2.05, 4.69) is 130 Å². The SMILES string of the molecule is [C-]#[N+]c1cc(-n2c3ccccc3c3ccccc32)c(-c2cc(-n3c4ccccc4c4cc5c(cc43)C(C)(C)c3ccccc3-5)ccc2[N+]#[C-])cc1C#N. The molecule has 0 atom stereocenters. The van der Waals surface area contributed by atoms with Crippen LogP contribution >= 0.6 is 0 Å². The molecule has 0 spiro atoms. The number of aromatic nitrogens is 2. The van der Waals surface area contributed by atoms with E-state index in [4.69, 9.17) is 13.1 Å². The standard InChI is InChI=1S/C48H29N5/c1-48(2)39-17-9-5-13-31(39)35-25-38-34-16-8-10-18-43(34)52(46(38)26-40(35)48)30-21-22-41(50-3)36(24-30)37-23-29(28-49)42(51-4)27-47(37)53-44-19-11-6-14-32(44)33-15-7-12-20-45(33)53/h5-27H,1-2H3. The van der Waals surface area contributed by atoms with E-state index in [-0.39, 0.29) is 16.7 Å². The van der Waals surface area contributed by atoms with Crippen LogP contribution in [0.3, 0.4) is 0 Å². The van der Waals surface area contributed by atoms with Gasteiger partial charge in [-0.2, -0.15) is 5.26 Å². The number of rotatable bonds is 3. The van der Waals surface area contributed by atoms with Gasteiger partial charge in [-0.3, -0.25) is 0 Å². The Morgan fingerprint density at radius 1 is 0.509 bits per heavy atom. The van der Waals surface area contributed by atoms with Crippen LogP contribution in [0.15, 0.2) is 140 Å². The third-order valence-corrected chi connectivity index (χ3v) is 11.2. The van der Waals surface area contributed by atoms with E-state index in [0.717, 1.165) is 49.6 Å². The molecule has 246 valence electrons. The van der Waals surface area contributed by atoms with Crippen LogP contribution in [-0.4, -0.2) is 9.13 Å². The molecule has 0 N–H and O–H groups in total. The predicted octanol–water partition coefficient (Wildman–Crippen LogP) is 12.8. The van der Waals surface area contributed by atoms with E-state index in [1.807, 2.05) is 42.5 Å². The topological polar surface area (TPSA) is 42.4 Å². The number of fused-ring (bicyclic) bond motifs is 9. The van der Waals surface area contributed by atoms with Crippen molar-refractivity contribution in [2.75, 3.05) is 0 Å². The van der Waals surface area contributed by atoms with Gasteiger partial charge in [0.15, 0.2) is 5.69 Å². The number of para-hydroxylation sites is 3. The fourth-order valence-electron chi connectivity index (χ4n) is 8.76. The van der Waals surface area contributed by atoms with Crippen LogP contribution in [0.25, 0.3) is 86.9 Å². The second-order valence-corrected chi connectivity index (χ2v) is 14.2. The first-order chi connectivity index (χ1) is 25.9. The highest BCUT2D eigenvalue weighted by Gasteiger charge is 2.36. The molecule has 1 aliphatic rings. The van der Waals surface area contributed by atoms with Gasteiger partial charge in [0.05, 0.1) is 46.8 Å². The van der Waals surface area contributed by atoms with Crippen molar-refractivity contribution in [2.24, 2.45) is 0 Å². The van der Waals surface area contributed by atoms with Crippen LogP contribution in [0.1, 0.15) is 30.5 Å². The summed E-state index contributed by atoms with van der Waals surface area (Å²) >= 11 is 0. The molecule has 5 heteroatoms. The normalized spacial score (nSPS) is 12.8. The van der Waals surface area contributed by atoms with Crippen molar-refractivity contribution in [2.45, 2.75) is 19.3 Å². The Morgan fingerprint density at radius 2 is 1.11 bits per heavy atom. The average Bonchev–Trinajstić information content (AvgIpc) is 3.79. The molecule has 0 fully saturated rings. The zero-order chi connectivity index (χ0) is 36.0. The number of hydrogen-bond acceptors (Lipinski definition) is 1. The summed E-state index contributed by atoms with van der Waals surface area (Å²) in [6, 6.07) is 50.2. The summed E-state index contributed by atoms with van der Waals surface area (Å²) in [7, 11) is 0. The second-order valence-electron chi connectivity index (χ2n) is 14.2. The van der Waals surface area contributed by atoms with Gasteiger partial charge in [0, 0.05) is 38.3 Å². The lowest BCUT2D eigenvalue weighted by molar-refractivity contribution is 0.661. The van der Waals surface area contributed by atoms with Crippen LogP contribution in [0.4, 0.5) is 11.4 Å². The maximum atomic E-state index is 10.3. The summed E-state index contributed by atoms with van der Waals surface area (Å²) < 4.78 is 4.47. The van der Waals surface area contributed by atoms with Gasteiger partial charge in [-0.15, -0.1) is 0 Å². The molecule has 0 saturated carbocycles. The van der Waals surface area contributed by atoms with Crippen molar-refractivity contribution in [3.63, 3.8) is 0 Å². The Balaban J connectivity index is 1.29.